The molecule has 0 radical (unpaired) electrons. The Bertz CT molecular complexity index is 795. The van der Waals surface area contributed by atoms with Gasteiger partial charge < -0.3 is 10.4 Å². The molecule has 1 aliphatic rings. The Balaban J connectivity index is 1.71. The minimum Gasteiger partial charge on any atom is -0.481 e. The average molecular weight is 356 g/mol. The lowest BCUT2D eigenvalue weighted by Gasteiger charge is -2.24. The Labute approximate surface area is 151 Å². The molecule has 2 aromatic rings. The van der Waals surface area contributed by atoms with Gasteiger partial charge in [0.05, 0.1) is 5.69 Å². The van der Waals surface area contributed by atoms with Crippen LogP contribution in [-0.2, 0) is 17.6 Å². The Morgan fingerprint density at radius 3 is 2.69 bits per heavy atom. The molecule has 2 amide bonds. The van der Waals surface area contributed by atoms with Crippen molar-refractivity contribution in [2.75, 3.05) is 11.4 Å². The number of hydrogen-bond donors (Lipinski definition) is 2. The van der Waals surface area contributed by atoms with Gasteiger partial charge in [-0.05, 0) is 42.5 Å². The maximum Gasteiger partial charge on any atom is 0.322 e. The molecule has 0 saturated carbocycles. The highest BCUT2D eigenvalue weighted by molar-refractivity contribution is 5.94. The van der Waals surface area contributed by atoms with Crippen LogP contribution in [0.2, 0.25) is 0 Å². The van der Waals surface area contributed by atoms with Gasteiger partial charge in [-0.1, -0.05) is 36.4 Å². The number of hydrogen-bond acceptors (Lipinski definition) is 2. The van der Waals surface area contributed by atoms with Crippen molar-refractivity contribution in [3.63, 3.8) is 0 Å². The summed E-state index contributed by atoms with van der Waals surface area (Å²) in [7, 11) is 0. The first-order valence-corrected chi connectivity index (χ1v) is 8.65. The molecule has 1 unspecified atom stereocenters. The normalized spacial score (nSPS) is 14.0. The van der Waals surface area contributed by atoms with Gasteiger partial charge in [-0.3, -0.25) is 9.69 Å². The maximum absolute atomic E-state index is 13.5. The number of aliphatic carboxylic acids is 1. The van der Waals surface area contributed by atoms with E-state index < -0.39 is 5.97 Å². The van der Waals surface area contributed by atoms with E-state index in [1.807, 2.05) is 30.3 Å². The number of fused-ring (bicyclic) bond motifs is 1. The summed E-state index contributed by atoms with van der Waals surface area (Å²) in [5.74, 6) is -1.28. The van der Waals surface area contributed by atoms with E-state index in [2.05, 4.69) is 5.32 Å². The van der Waals surface area contributed by atoms with Gasteiger partial charge in [0, 0.05) is 19.0 Å². The monoisotopic (exact) mass is 356 g/mol. The molecule has 0 spiro atoms. The number of carboxylic acid groups (broad SMARTS) is 1. The molecule has 26 heavy (non-hydrogen) atoms. The fourth-order valence-electron chi connectivity index (χ4n) is 3.24. The second-order valence-electron chi connectivity index (χ2n) is 6.44. The molecule has 0 saturated heterocycles. The number of urea groups is 1. The van der Waals surface area contributed by atoms with Crippen molar-refractivity contribution in [3.05, 3.63) is 65.5 Å². The quantitative estimate of drug-likeness (QED) is 0.834. The third-order valence-electron chi connectivity index (χ3n) is 4.55. The standard InChI is InChI=1S/C20H21FN2O3/c21-16-7-6-15-10-11-23(18(15)13-16)20(26)22-17(8-9-19(24)25)12-14-4-2-1-3-5-14/h1-7,13,17H,8-12H2,(H,22,26)(H,24,25). The van der Waals surface area contributed by atoms with Crippen LogP contribution in [0, 0.1) is 5.82 Å². The number of benzene rings is 2. The number of carboxylic acids is 1. The topological polar surface area (TPSA) is 69.6 Å². The molecule has 5 nitrogen and oxygen atoms in total. The van der Waals surface area contributed by atoms with Crippen molar-refractivity contribution in [1.29, 1.82) is 0 Å². The molecular weight excluding hydrogens is 335 g/mol. The van der Waals surface area contributed by atoms with Crippen LogP contribution in [0.1, 0.15) is 24.0 Å². The van der Waals surface area contributed by atoms with Crippen LogP contribution >= 0.6 is 0 Å². The van der Waals surface area contributed by atoms with E-state index >= 15 is 0 Å². The molecule has 0 aromatic heterocycles. The minimum absolute atomic E-state index is 0.0248. The number of anilines is 1. The molecule has 1 aliphatic heterocycles. The largest absolute Gasteiger partial charge is 0.481 e. The molecule has 6 heteroatoms. The fraction of sp³-hybridized carbons (Fsp3) is 0.300. The number of rotatable bonds is 6. The van der Waals surface area contributed by atoms with Gasteiger partial charge in [0.25, 0.3) is 0 Å². The van der Waals surface area contributed by atoms with Crippen molar-refractivity contribution in [2.45, 2.75) is 31.7 Å². The summed E-state index contributed by atoms with van der Waals surface area (Å²) in [5, 5.41) is 11.9. The van der Waals surface area contributed by atoms with E-state index in [-0.39, 0.29) is 24.3 Å². The van der Waals surface area contributed by atoms with Crippen LogP contribution in [0.15, 0.2) is 48.5 Å². The predicted octanol–water partition coefficient (Wildman–Crippen LogP) is 3.37. The SMILES string of the molecule is O=C(O)CCC(Cc1ccccc1)NC(=O)N1CCc2ccc(F)cc21. The van der Waals surface area contributed by atoms with Crippen molar-refractivity contribution < 1.29 is 19.1 Å². The number of nitrogens with zero attached hydrogens (tertiary/aromatic N) is 1. The van der Waals surface area contributed by atoms with E-state index in [1.165, 1.54) is 17.0 Å². The summed E-state index contributed by atoms with van der Waals surface area (Å²) in [4.78, 5) is 25.2. The molecule has 136 valence electrons. The van der Waals surface area contributed by atoms with Gasteiger partial charge in [0.1, 0.15) is 5.82 Å². The van der Waals surface area contributed by atoms with E-state index in [0.29, 0.717) is 31.5 Å². The molecule has 2 aromatic carbocycles. The van der Waals surface area contributed by atoms with Gasteiger partial charge in [0.2, 0.25) is 0 Å². The Morgan fingerprint density at radius 1 is 1.19 bits per heavy atom. The third-order valence-corrected chi connectivity index (χ3v) is 4.55. The summed E-state index contributed by atoms with van der Waals surface area (Å²) >= 11 is 0. The molecule has 2 N–H and O–H groups in total. The Kier molecular flexibility index (Phi) is 5.51. The van der Waals surface area contributed by atoms with Gasteiger partial charge in [-0.15, -0.1) is 0 Å². The zero-order valence-corrected chi connectivity index (χ0v) is 14.3. The van der Waals surface area contributed by atoms with Crippen LogP contribution in [0.4, 0.5) is 14.9 Å². The van der Waals surface area contributed by atoms with E-state index in [0.717, 1.165) is 11.1 Å². The van der Waals surface area contributed by atoms with Crippen molar-refractivity contribution in [3.8, 4) is 0 Å². The maximum atomic E-state index is 13.5. The van der Waals surface area contributed by atoms with Gasteiger partial charge in [-0.2, -0.15) is 0 Å². The summed E-state index contributed by atoms with van der Waals surface area (Å²) in [6, 6.07) is 13.4. The number of nitrogens with one attached hydrogen (secondary N) is 1. The molecule has 3 rings (SSSR count). The smallest absolute Gasteiger partial charge is 0.322 e. The lowest BCUT2D eigenvalue weighted by Crippen LogP contribution is -2.45. The molecule has 1 heterocycles. The number of carbonyl (C=O) groups excluding carboxylic acids is 1. The zero-order chi connectivity index (χ0) is 18.5. The summed E-state index contributed by atoms with van der Waals surface area (Å²) in [6.07, 6.45) is 1.54. The van der Waals surface area contributed by atoms with Crippen LogP contribution < -0.4 is 10.2 Å². The molecule has 0 bridgehead atoms. The summed E-state index contributed by atoms with van der Waals surface area (Å²) < 4.78 is 13.5. The van der Waals surface area contributed by atoms with Crippen LogP contribution in [-0.4, -0.2) is 29.7 Å². The van der Waals surface area contributed by atoms with E-state index in [9.17, 15) is 14.0 Å². The predicted molar refractivity (Wildman–Crippen MR) is 96.8 cm³/mol. The lowest BCUT2D eigenvalue weighted by atomic mass is 10.0. The second kappa shape index (κ2) is 7.99. The third kappa shape index (κ3) is 4.39. The highest BCUT2D eigenvalue weighted by Gasteiger charge is 2.26. The van der Waals surface area contributed by atoms with Gasteiger partial charge in [0.15, 0.2) is 0 Å². The second-order valence-corrected chi connectivity index (χ2v) is 6.44. The van der Waals surface area contributed by atoms with Crippen molar-refractivity contribution in [2.24, 2.45) is 0 Å². The lowest BCUT2D eigenvalue weighted by molar-refractivity contribution is -0.137. The highest BCUT2D eigenvalue weighted by atomic mass is 19.1. The first-order chi connectivity index (χ1) is 12.5. The van der Waals surface area contributed by atoms with E-state index in [4.69, 9.17) is 5.11 Å². The first-order valence-electron chi connectivity index (χ1n) is 8.65. The fourth-order valence-corrected chi connectivity index (χ4v) is 3.24. The first kappa shape index (κ1) is 17.9. The van der Waals surface area contributed by atoms with Crippen LogP contribution in [0.25, 0.3) is 0 Å². The Hall–Kier alpha value is -2.89. The van der Waals surface area contributed by atoms with Crippen molar-refractivity contribution >= 4 is 17.7 Å². The Morgan fingerprint density at radius 2 is 1.96 bits per heavy atom. The highest BCUT2D eigenvalue weighted by Crippen LogP contribution is 2.28. The molecule has 0 aliphatic carbocycles. The van der Waals surface area contributed by atoms with Gasteiger partial charge >= 0.3 is 12.0 Å². The minimum atomic E-state index is -0.897. The molecular formula is C20H21FN2O3. The summed E-state index contributed by atoms with van der Waals surface area (Å²) in [5.41, 5.74) is 2.54. The van der Waals surface area contributed by atoms with Crippen molar-refractivity contribution in [1.82, 2.24) is 5.32 Å². The van der Waals surface area contributed by atoms with Crippen LogP contribution in [0.5, 0.6) is 0 Å². The molecule has 1 atom stereocenters. The zero-order valence-electron chi connectivity index (χ0n) is 14.3. The van der Waals surface area contributed by atoms with E-state index in [1.54, 1.807) is 6.07 Å². The number of carbonyl (C=O) groups is 2. The average Bonchev–Trinajstić information content (AvgIpc) is 3.03. The van der Waals surface area contributed by atoms with Crippen LogP contribution in [0.3, 0.4) is 0 Å². The van der Waals surface area contributed by atoms with Gasteiger partial charge in [-0.25, -0.2) is 9.18 Å². The molecule has 0 fully saturated rings. The number of halogens is 1. The summed E-state index contributed by atoms with van der Waals surface area (Å²) in [6.45, 7) is 0.488. The number of amides is 2.